The van der Waals surface area contributed by atoms with Crippen molar-refractivity contribution in [2.45, 2.75) is 26.9 Å². The normalized spacial score (nSPS) is 11.3. The van der Waals surface area contributed by atoms with Gasteiger partial charge in [-0.25, -0.2) is 5.43 Å². The zero-order valence-corrected chi connectivity index (χ0v) is 28.9. The Bertz CT molecular complexity index is 2290. The lowest BCUT2D eigenvalue weighted by Crippen LogP contribution is -2.37. The number of nitrogens with one attached hydrogen (secondary N) is 2. The van der Waals surface area contributed by atoms with Crippen LogP contribution in [0.3, 0.4) is 0 Å². The number of fused-ring (bicyclic) bond motifs is 3. The highest BCUT2D eigenvalue weighted by Gasteiger charge is 2.16. The summed E-state index contributed by atoms with van der Waals surface area (Å²) in [6.45, 7) is 10.7. The lowest BCUT2D eigenvalue weighted by molar-refractivity contribution is 0.620. The van der Waals surface area contributed by atoms with E-state index in [1.165, 1.54) is 66.1 Å². The molecule has 0 aliphatic carbocycles. The quantitative estimate of drug-likeness (QED) is 0.102. The van der Waals surface area contributed by atoms with Crippen LogP contribution in [0.4, 0.5) is 11.4 Å². The summed E-state index contributed by atoms with van der Waals surface area (Å²) in [5.74, 6) is 0. The van der Waals surface area contributed by atoms with Gasteiger partial charge in [-0.3, -0.25) is 0 Å². The molecule has 3 nitrogen and oxygen atoms in total. The molecule has 50 heavy (non-hydrogen) atoms. The molecule has 0 saturated heterocycles. The Labute approximate surface area is 296 Å². The number of nitrogens with zero attached hydrogens (tertiary/aromatic N) is 1. The first-order valence-corrected chi connectivity index (χ1v) is 17.5. The second-order valence-corrected chi connectivity index (χ2v) is 12.5. The highest BCUT2D eigenvalue weighted by atomic mass is 15.5. The molecule has 7 aromatic rings. The van der Waals surface area contributed by atoms with Gasteiger partial charge in [0.1, 0.15) is 0 Å². The van der Waals surface area contributed by atoms with E-state index in [-0.39, 0.29) is 0 Å². The van der Waals surface area contributed by atoms with Crippen LogP contribution in [0.5, 0.6) is 0 Å². The largest absolute Gasteiger partial charge is 0.384 e. The van der Waals surface area contributed by atoms with Gasteiger partial charge >= 0.3 is 0 Å². The average Bonchev–Trinajstić information content (AvgIpc) is 3.17. The van der Waals surface area contributed by atoms with Gasteiger partial charge in [0.15, 0.2) is 0 Å². The predicted molar refractivity (Wildman–Crippen MR) is 217 cm³/mol. The van der Waals surface area contributed by atoms with Crippen molar-refractivity contribution in [1.29, 1.82) is 0 Å². The van der Waals surface area contributed by atoms with Gasteiger partial charge in [0.05, 0.1) is 12.2 Å². The predicted octanol–water partition coefficient (Wildman–Crippen LogP) is 12.1. The van der Waals surface area contributed by atoms with Gasteiger partial charge in [0.2, 0.25) is 0 Å². The summed E-state index contributed by atoms with van der Waals surface area (Å²) < 4.78 is 0. The summed E-state index contributed by atoms with van der Waals surface area (Å²) in [7, 11) is 0. The van der Waals surface area contributed by atoms with Crippen molar-refractivity contribution in [3.8, 4) is 22.3 Å². The summed E-state index contributed by atoms with van der Waals surface area (Å²) in [5.41, 5.74) is 15.6. The number of hydrogen-bond acceptors (Lipinski definition) is 3. The van der Waals surface area contributed by atoms with E-state index in [1.807, 2.05) is 6.08 Å². The first kappa shape index (κ1) is 32.6. The van der Waals surface area contributed by atoms with E-state index in [1.54, 1.807) is 0 Å². The standard InChI is InChI=1S/C47H43N3/c1-4-17-42-39(5-2)43-24-13-14-25-44(43)46-31-37(28-29-45(42)46)41-27-16-26-40(47(41)48-6-3)36-21-15-20-35(30-36)32-49-50(38-22-11-8-12-23-38)33-34-18-9-7-10-19-34/h4-5,7-31,48-49H,2,6,32-33H2,1,3H3/b17-4-. The molecule has 0 heterocycles. The molecule has 7 rings (SSSR count). The maximum Gasteiger partial charge on any atom is 0.0595 e. The van der Waals surface area contributed by atoms with Gasteiger partial charge in [0, 0.05) is 29.9 Å². The lowest BCUT2D eigenvalue weighted by atomic mass is 9.88. The number of hydrazine groups is 1. The topological polar surface area (TPSA) is 27.3 Å². The van der Waals surface area contributed by atoms with Crippen LogP contribution in [0.25, 0.3) is 56.0 Å². The maximum absolute atomic E-state index is 4.17. The number of benzene rings is 7. The molecule has 246 valence electrons. The number of anilines is 2. The van der Waals surface area contributed by atoms with Crippen LogP contribution in [-0.4, -0.2) is 6.54 Å². The van der Waals surface area contributed by atoms with Crippen molar-refractivity contribution >= 4 is 45.1 Å². The SMILES string of the molecule is C=Cc1c(/C=C\C)c2ccc(-c3cccc(-c4cccc(CNN(Cc5ccccc5)c5ccccc5)c4)c3NCC)cc2c2ccccc12. The second kappa shape index (κ2) is 15.1. The molecule has 0 aliphatic rings. The monoisotopic (exact) mass is 649 g/mol. The van der Waals surface area contributed by atoms with E-state index >= 15 is 0 Å². The fourth-order valence-corrected chi connectivity index (χ4v) is 7.03. The van der Waals surface area contributed by atoms with Crippen LogP contribution in [0.15, 0.2) is 158 Å². The summed E-state index contributed by atoms with van der Waals surface area (Å²) in [4.78, 5) is 0. The summed E-state index contributed by atoms with van der Waals surface area (Å²) >= 11 is 0. The highest BCUT2D eigenvalue weighted by molar-refractivity contribution is 6.16. The fraction of sp³-hybridized carbons (Fsp3) is 0.106. The first-order chi connectivity index (χ1) is 24.7. The molecule has 0 saturated carbocycles. The minimum Gasteiger partial charge on any atom is -0.384 e. The Morgan fingerprint density at radius 1 is 0.600 bits per heavy atom. The Morgan fingerprint density at radius 3 is 1.96 bits per heavy atom. The third kappa shape index (κ3) is 6.69. The number of para-hydroxylation sites is 2. The van der Waals surface area contributed by atoms with E-state index in [2.05, 4.69) is 194 Å². The van der Waals surface area contributed by atoms with Crippen LogP contribution in [-0.2, 0) is 13.1 Å². The average molecular weight is 650 g/mol. The first-order valence-electron chi connectivity index (χ1n) is 17.5. The Morgan fingerprint density at radius 2 is 1.24 bits per heavy atom. The summed E-state index contributed by atoms with van der Waals surface area (Å²) in [6.07, 6.45) is 6.31. The van der Waals surface area contributed by atoms with Gasteiger partial charge < -0.3 is 10.3 Å². The summed E-state index contributed by atoms with van der Waals surface area (Å²) in [6, 6.07) is 52.3. The van der Waals surface area contributed by atoms with E-state index in [0.717, 1.165) is 24.5 Å². The van der Waals surface area contributed by atoms with Crippen molar-refractivity contribution in [1.82, 2.24) is 5.43 Å². The van der Waals surface area contributed by atoms with Gasteiger partial charge in [-0.05, 0) is 93.0 Å². The van der Waals surface area contributed by atoms with E-state index in [9.17, 15) is 0 Å². The fourth-order valence-electron chi connectivity index (χ4n) is 7.03. The molecule has 0 spiro atoms. The molecule has 0 aromatic heterocycles. The maximum atomic E-state index is 4.17. The molecule has 0 unspecified atom stereocenters. The van der Waals surface area contributed by atoms with Crippen molar-refractivity contribution in [3.05, 3.63) is 181 Å². The number of rotatable bonds is 12. The molecular formula is C47H43N3. The molecular weight excluding hydrogens is 607 g/mol. The minimum atomic E-state index is 0.699. The Kier molecular flexibility index (Phi) is 9.86. The van der Waals surface area contributed by atoms with Gasteiger partial charge in [0.25, 0.3) is 0 Å². The smallest absolute Gasteiger partial charge is 0.0595 e. The van der Waals surface area contributed by atoms with Crippen LogP contribution in [0.1, 0.15) is 36.1 Å². The van der Waals surface area contributed by atoms with Crippen LogP contribution in [0.2, 0.25) is 0 Å². The zero-order chi connectivity index (χ0) is 34.3. The van der Waals surface area contributed by atoms with Crippen molar-refractivity contribution in [3.63, 3.8) is 0 Å². The van der Waals surface area contributed by atoms with Gasteiger partial charge in [-0.1, -0.05) is 146 Å². The Hall–Kier alpha value is -5.90. The van der Waals surface area contributed by atoms with Crippen molar-refractivity contribution < 1.29 is 0 Å². The van der Waals surface area contributed by atoms with Crippen LogP contribution in [0, 0.1) is 0 Å². The van der Waals surface area contributed by atoms with Crippen LogP contribution < -0.4 is 15.8 Å². The minimum absolute atomic E-state index is 0.699. The van der Waals surface area contributed by atoms with E-state index < -0.39 is 0 Å². The van der Waals surface area contributed by atoms with Crippen LogP contribution >= 0.6 is 0 Å². The Balaban J connectivity index is 1.25. The number of allylic oxidation sites excluding steroid dienone is 1. The zero-order valence-electron chi connectivity index (χ0n) is 28.9. The molecule has 0 fully saturated rings. The third-order valence-corrected chi connectivity index (χ3v) is 9.34. The molecule has 0 atom stereocenters. The highest BCUT2D eigenvalue weighted by Crippen LogP contribution is 2.41. The lowest BCUT2D eigenvalue weighted by Gasteiger charge is -2.26. The molecule has 7 aromatic carbocycles. The van der Waals surface area contributed by atoms with E-state index in [0.29, 0.717) is 6.54 Å². The molecule has 2 N–H and O–H groups in total. The molecule has 0 bridgehead atoms. The molecule has 3 heteroatoms. The molecule has 0 radical (unpaired) electrons. The third-order valence-electron chi connectivity index (χ3n) is 9.34. The van der Waals surface area contributed by atoms with Gasteiger partial charge in [-0.2, -0.15) is 0 Å². The van der Waals surface area contributed by atoms with Crippen molar-refractivity contribution in [2.24, 2.45) is 0 Å². The van der Waals surface area contributed by atoms with Crippen molar-refractivity contribution in [2.75, 3.05) is 16.9 Å². The molecule has 0 aliphatic heterocycles. The van der Waals surface area contributed by atoms with Gasteiger partial charge in [-0.15, -0.1) is 0 Å². The summed E-state index contributed by atoms with van der Waals surface area (Å²) in [5, 5.41) is 10.9. The second-order valence-electron chi connectivity index (χ2n) is 12.5. The number of hydrogen-bond donors (Lipinski definition) is 2. The molecule has 0 amide bonds. The van der Waals surface area contributed by atoms with E-state index in [4.69, 9.17) is 0 Å².